The molecular formula is C16H14BrFN4O2. The molecule has 124 valence electrons. The van der Waals surface area contributed by atoms with Gasteiger partial charge in [-0.25, -0.2) is 14.4 Å². The lowest BCUT2D eigenvalue weighted by Gasteiger charge is -2.21. The van der Waals surface area contributed by atoms with Gasteiger partial charge >= 0.3 is 0 Å². The van der Waals surface area contributed by atoms with Crippen LogP contribution in [0.1, 0.15) is 17.4 Å². The van der Waals surface area contributed by atoms with Gasteiger partial charge in [0.15, 0.2) is 17.2 Å². The summed E-state index contributed by atoms with van der Waals surface area (Å²) in [6.07, 6.45) is 4.97. The third-order valence-electron chi connectivity index (χ3n) is 3.56. The van der Waals surface area contributed by atoms with Crippen molar-refractivity contribution in [2.75, 3.05) is 18.6 Å². The van der Waals surface area contributed by atoms with Crippen molar-refractivity contribution < 1.29 is 13.9 Å². The van der Waals surface area contributed by atoms with Gasteiger partial charge in [-0.05, 0) is 35.0 Å². The Balaban J connectivity index is 2.01. The van der Waals surface area contributed by atoms with Crippen LogP contribution in [-0.4, -0.2) is 33.9 Å². The van der Waals surface area contributed by atoms with Crippen LogP contribution < -0.4 is 9.64 Å². The van der Waals surface area contributed by atoms with Crippen molar-refractivity contribution in [3.05, 3.63) is 52.9 Å². The standard InChI is InChI=1S/C16H14BrFN4O2/c1-3-22(10-4-5-11(18)13(8-10)24-2)16(23)12-9-21-7-6-19-15(21)14(17)20-12/h4-9H,3H2,1-2H3. The van der Waals surface area contributed by atoms with Crippen molar-refractivity contribution in [2.45, 2.75) is 6.92 Å². The lowest BCUT2D eigenvalue weighted by atomic mass is 10.2. The average molecular weight is 393 g/mol. The van der Waals surface area contributed by atoms with Crippen LogP contribution in [0.15, 0.2) is 41.4 Å². The van der Waals surface area contributed by atoms with E-state index in [1.165, 1.54) is 30.2 Å². The van der Waals surface area contributed by atoms with Crippen molar-refractivity contribution in [3.63, 3.8) is 0 Å². The molecule has 0 bridgehead atoms. The van der Waals surface area contributed by atoms with E-state index in [-0.39, 0.29) is 17.4 Å². The maximum absolute atomic E-state index is 13.6. The number of carbonyl (C=O) groups is 1. The predicted octanol–water partition coefficient (Wildman–Crippen LogP) is 3.31. The second-order valence-electron chi connectivity index (χ2n) is 4.94. The van der Waals surface area contributed by atoms with Crippen molar-refractivity contribution in [3.8, 4) is 5.75 Å². The Morgan fingerprint density at radius 1 is 1.46 bits per heavy atom. The molecule has 0 saturated carbocycles. The van der Waals surface area contributed by atoms with Crippen molar-refractivity contribution >= 4 is 33.2 Å². The van der Waals surface area contributed by atoms with Crippen molar-refractivity contribution in [1.29, 1.82) is 0 Å². The first kappa shape index (κ1) is 16.4. The number of imidazole rings is 1. The molecule has 3 rings (SSSR count). The molecule has 3 aromatic rings. The first-order chi connectivity index (χ1) is 11.5. The summed E-state index contributed by atoms with van der Waals surface area (Å²) in [6.45, 7) is 2.23. The Morgan fingerprint density at radius 3 is 2.96 bits per heavy atom. The number of benzene rings is 1. The minimum absolute atomic E-state index is 0.0814. The monoisotopic (exact) mass is 392 g/mol. The number of carbonyl (C=O) groups excluding carboxylic acids is 1. The molecule has 0 fully saturated rings. The minimum Gasteiger partial charge on any atom is -0.494 e. The Hall–Kier alpha value is -2.48. The van der Waals surface area contributed by atoms with Crippen molar-refractivity contribution in [2.24, 2.45) is 0 Å². The molecule has 0 aliphatic heterocycles. The van der Waals surface area contributed by atoms with E-state index in [9.17, 15) is 9.18 Å². The van der Waals surface area contributed by atoms with Gasteiger partial charge in [0.05, 0.1) is 7.11 Å². The summed E-state index contributed by atoms with van der Waals surface area (Å²) in [6, 6.07) is 4.29. The van der Waals surface area contributed by atoms with Gasteiger partial charge in [-0.15, -0.1) is 0 Å². The van der Waals surface area contributed by atoms with Gasteiger partial charge in [-0.3, -0.25) is 4.79 Å². The maximum Gasteiger partial charge on any atom is 0.278 e. The smallest absolute Gasteiger partial charge is 0.278 e. The SMILES string of the molecule is CCN(C(=O)c1cn2ccnc2c(Br)n1)c1ccc(F)c(OC)c1. The molecule has 0 atom stereocenters. The molecule has 0 unspecified atom stereocenters. The average Bonchev–Trinajstić information content (AvgIpc) is 3.06. The van der Waals surface area contributed by atoms with Crippen LogP contribution in [0, 0.1) is 5.82 Å². The van der Waals surface area contributed by atoms with E-state index in [0.717, 1.165) is 0 Å². The number of halogens is 2. The van der Waals surface area contributed by atoms with Crippen LogP contribution in [0.25, 0.3) is 5.65 Å². The lowest BCUT2D eigenvalue weighted by Crippen LogP contribution is -2.31. The van der Waals surface area contributed by atoms with E-state index in [1.807, 2.05) is 6.92 Å². The normalized spacial score (nSPS) is 10.8. The Morgan fingerprint density at radius 2 is 2.25 bits per heavy atom. The molecule has 24 heavy (non-hydrogen) atoms. The maximum atomic E-state index is 13.6. The number of nitrogens with zero attached hydrogens (tertiary/aromatic N) is 4. The minimum atomic E-state index is -0.481. The summed E-state index contributed by atoms with van der Waals surface area (Å²) in [5.41, 5.74) is 1.40. The van der Waals surface area contributed by atoms with Gasteiger partial charge in [0, 0.05) is 36.9 Å². The molecule has 0 radical (unpaired) electrons. The summed E-state index contributed by atoms with van der Waals surface area (Å²) in [5, 5.41) is 0. The van der Waals surface area contributed by atoms with Crippen LogP contribution in [0.2, 0.25) is 0 Å². The number of hydrogen-bond donors (Lipinski definition) is 0. The molecule has 0 aliphatic rings. The molecule has 2 heterocycles. The number of aromatic nitrogens is 3. The zero-order valence-corrected chi connectivity index (χ0v) is 14.6. The quantitative estimate of drug-likeness (QED) is 0.683. The number of rotatable bonds is 4. The molecule has 0 spiro atoms. The Kier molecular flexibility index (Phi) is 4.48. The molecule has 0 saturated heterocycles. The van der Waals surface area contributed by atoms with E-state index >= 15 is 0 Å². The van der Waals surface area contributed by atoms with Gasteiger partial charge in [0.25, 0.3) is 5.91 Å². The number of fused-ring (bicyclic) bond motifs is 1. The third kappa shape index (κ3) is 2.84. The van der Waals surface area contributed by atoms with Crippen LogP contribution >= 0.6 is 15.9 Å². The van der Waals surface area contributed by atoms with Crippen LogP contribution in [-0.2, 0) is 0 Å². The fourth-order valence-electron chi connectivity index (χ4n) is 2.39. The summed E-state index contributed by atoms with van der Waals surface area (Å²) in [4.78, 5) is 22.8. The number of hydrogen-bond acceptors (Lipinski definition) is 4. The summed E-state index contributed by atoms with van der Waals surface area (Å²) in [7, 11) is 1.38. The van der Waals surface area contributed by atoms with Crippen molar-refractivity contribution in [1.82, 2.24) is 14.4 Å². The Labute approximate surface area is 146 Å². The fraction of sp³-hybridized carbons (Fsp3) is 0.188. The van der Waals surface area contributed by atoms with E-state index < -0.39 is 5.82 Å². The highest BCUT2D eigenvalue weighted by atomic mass is 79.9. The Bertz CT molecular complexity index is 912. The van der Waals surface area contributed by atoms with Gasteiger partial charge < -0.3 is 14.0 Å². The molecule has 8 heteroatoms. The molecule has 1 amide bonds. The highest BCUT2D eigenvalue weighted by Gasteiger charge is 2.20. The first-order valence-corrected chi connectivity index (χ1v) is 7.99. The zero-order valence-electron chi connectivity index (χ0n) is 13.0. The molecule has 6 nitrogen and oxygen atoms in total. The van der Waals surface area contributed by atoms with E-state index in [0.29, 0.717) is 22.5 Å². The molecular weight excluding hydrogens is 379 g/mol. The highest BCUT2D eigenvalue weighted by molar-refractivity contribution is 9.10. The zero-order chi connectivity index (χ0) is 17.3. The lowest BCUT2D eigenvalue weighted by molar-refractivity contribution is 0.0983. The molecule has 1 aromatic carbocycles. The predicted molar refractivity (Wildman–Crippen MR) is 91.0 cm³/mol. The first-order valence-electron chi connectivity index (χ1n) is 7.19. The fourth-order valence-corrected chi connectivity index (χ4v) is 2.89. The van der Waals surface area contributed by atoms with Gasteiger partial charge in [0.1, 0.15) is 10.3 Å². The second-order valence-corrected chi connectivity index (χ2v) is 5.69. The summed E-state index contributed by atoms with van der Waals surface area (Å²) >= 11 is 3.32. The van der Waals surface area contributed by atoms with Gasteiger partial charge in [-0.1, -0.05) is 0 Å². The largest absolute Gasteiger partial charge is 0.494 e. The number of anilines is 1. The topological polar surface area (TPSA) is 59.7 Å². The van der Waals surface area contributed by atoms with E-state index in [4.69, 9.17) is 4.74 Å². The molecule has 0 N–H and O–H groups in total. The molecule has 2 aromatic heterocycles. The van der Waals surface area contributed by atoms with Crippen LogP contribution in [0.3, 0.4) is 0 Å². The molecule has 0 aliphatic carbocycles. The van der Waals surface area contributed by atoms with Crippen LogP contribution in [0.5, 0.6) is 5.75 Å². The number of methoxy groups -OCH3 is 1. The number of ether oxygens (including phenoxy) is 1. The van der Waals surface area contributed by atoms with Crippen LogP contribution in [0.4, 0.5) is 10.1 Å². The highest BCUT2D eigenvalue weighted by Crippen LogP contribution is 2.26. The summed E-state index contributed by atoms with van der Waals surface area (Å²) < 4.78 is 20.8. The third-order valence-corrected chi connectivity index (χ3v) is 4.09. The van der Waals surface area contributed by atoms with Gasteiger partial charge in [0.2, 0.25) is 0 Å². The number of amides is 1. The van der Waals surface area contributed by atoms with E-state index in [2.05, 4.69) is 25.9 Å². The summed E-state index contributed by atoms with van der Waals surface area (Å²) in [5.74, 6) is -0.703. The van der Waals surface area contributed by atoms with E-state index in [1.54, 1.807) is 23.0 Å². The van der Waals surface area contributed by atoms with Gasteiger partial charge in [-0.2, -0.15) is 0 Å². The second kappa shape index (κ2) is 6.56.